The lowest BCUT2D eigenvalue weighted by atomic mass is 9.84. The van der Waals surface area contributed by atoms with Gasteiger partial charge in [0.15, 0.2) is 0 Å². The number of hydrogen-bond donors (Lipinski definition) is 0. The molecule has 9 aromatic carbocycles. The van der Waals surface area contributed by atoms with Gasteiger partial charge < -0.3 is 0 Å². The summed E-state index contributed by atoms with van der Waals surface area (Å²) in [6.07, 6.45) is 12.6. The highest BCUT2D eigenvalue weighted by atomic mass is 15.2. The molecule has 68 heavy (non-hydrogen) atoms. The normalized spacial score (nSPS) is 11.4. The number of pyridine rings is 2. The van der Waals surface area contributed by atoms with Crippen molar-refractivity contribution >= 4 is 80.2 Å². The van der Waals surface area contributed by atoms with Crippen LogP contribution in [0.5, 0.6) is 0 Å². The molecule has 0 aliphatic carbocycles. The molecule has 11 aromatic rings. The highest BCUT2D eigenvalue weighted by Gasteiger charge is 2.19. The van der Waals surface area contributed by atoms with Gasteiger partial charge in [0.1, 0.15) is 11.6 Å². The molecular weight excluding hydrogens is 825 g/mol. The minimum absolute atomic E-state index is 0.857. The van der Waals surface area contributed by atoms with Crippen molar-refractivity contribution < 1.29 is 0 Å². The molecule has 11 rings (SSSR count). The van der Waals surface area contributed by atoms with Crippen molar-refractivity contribution in [3.63, 3.8) is 0 Å². The molecule has 0 aliphatic heterocycles. The van der Waals surface area contributed by atoms with Crippen LogP contribution in [0.25, 0.3) is 68.1 Å². The quantitative estimate of drug-likeness (QED) is 0.115. The SMILES string of the molecule is C(=C\c1ccc2c(-c3ccccc3)c(-c3ccccc3)c3ccc(/C=C/c4ccc(N(c5ccccc5)c5ccccc5)nc4)cc3c2c1)/c1ccc(N(c2ccccc2)c2ccccc2)nc1. The Bertz CT molecular complexity index is 3190. The molecule has 0 N–H and O–H groups in total. The summed E-state index contributed by atoms with van der Waals surface area (Å²) in [6, 6.07) is 85.3. The van der Waals surface area contributed by atoms with Gasteiger partial charge in [0, 0.05) is 35.1 Å². The van der Waals surface area contributed by atoms with Gasteiger partial charge in [-0.2, -0.15) is 0 Å². The number of fused-ring (bicyclic) bond motifs is 3. The first kappa shape index (κ1) is 41.6. The van der Waals surface area contributed by atoms with Gasteiger partial charge >= 0.3 is 0 Å². The Morgan fingerprint density at radius 2 is 0.559 bits per heavy atom. The fourth-order valence-electron chi connectivity index (χ4n) is 9.07. The summed E-state index contributed by atoms with van der Waals surface area (Å²) in [5.74, 6) is 1.71. The van der Waals surface area contributed by atoms with E-state index in [1.165, 1.54) is 43.8 Å². The van der Waals surface area contributed by atoms with Gasteiger partial charge in [0.05, 0.1) is 0 Å². The summed E-state index contributed by atoms with van der Waals surface area (Å²) in [5.41, 5.74) is 13.3. The average molecular weight is 871 g/mol. The molecule has 0 saturated heterocycles. The van der Waals surface area contributed by atoms with E-state index < -0.39 is 0 Å². The predicted octanol–water partition coefficient (Wildman–Crippen LogP) is 17.4. The lowest BCUT2D eigenvalue weighted by molar-refractivity contribution is 1.18. The van der Waals surface area contributed by atoms with E-state index in [-0.39, 0.29) is 0 Å². The number of anilines is 6. The van der Waals surface area contributed by atoms with Crippen LogP contribution in [0, 0.1) is 0 Å². The second-order valence-corrected chi connectivity index (χ2v) is 16.7. The van der Waals surface area contributed by atoms with Crippen molar-refractivity contribution in [3.05, 3.63) is 277 Å². The molecular formula is C64H46N4. The lowest BCUT2D eigenvalue weighted by Crippen LogP contribution is -2.11. The summed E-state index contributed by atoms with van der Waals surface area (Å²) < 4.78 is 0. The van der Waals surface area contributed by atoms with E-state index >= 15 is 0 Å². The summed E-state index contributed by atoms with van der Waals surface area (Å²) >= 11 is 0. The first-order valence-corrected chi connectivity index (χ1v) is 23.0. The van der Waals surface area contributed by atoms with Crippen molar-refractivity contribution in [2.45, 2.75) is 0 Å². The number of para-hydroxylation sites is 4. The van der Waals surface area contributed by atoms with Crippen LogP contribution >= 0.6 is 0 Å². The second kappa shape index (κ2) is 19.2. The molecule has 0 aliphatic rings. The molecule has 4 heteroatoms. The van der Waals surface area contributed by atoms with Crippen molar-refractivity contribution in [2.75, 3.05) is 9.80 Å². The molecule has 0 amide bonds. The minimum Gasteiger partial charge on any atom is -0.295 e. The van der Waals surface area contributed by atoms with Crippen molar-refractivity contribution in [1.29, 1.82) is 0 Å². The zero-order valence-electron chi connectivity index (χ0n) is 37.3. The minimum atomic E-state index is 0.857. The third-order valence-corrected chi connectivity index (χ3v) is 12.3. The predicted molar refractivity (Wildman–Crippen MR) is 288 cm³/mol. The smallest absolute Gasteiger partial charge is 0.137 e. The van der Waals surface area contributed by atoms with Crippen LogP contribution in [0.15, 0.2) is 255 Å². The standard InChI is InChI=1S/C64H46N4/c1-7-19-51(20-8-1)63-57-39-35-47(31-33-49-37-41-61(65-45-49)67(53-23-11-3-12-24-53)54-25-13-4-14-26-54)43-59(57)60-44-48(36-40-58(60)64(63)52-21-9-2-10-22-52)32-34-50-38-42-62(66-46-50)68(55-27-15-5-16-28-55)56-29-17-6-18-30-56/h1-46H/b33-31+,34-32+. The van der Waals surface area contributed by atoms with Gasteiger partial charge in [-0.15, -0.1) is 0 Å². The Labute approximate surface area is 397 Å². The van der Waals surface area contributed by atoms with E-state index in [1.807, 2.05) is 36.7 Å². The van der Waals surface area contributed by atoms with Gasteiger partial charge in [0.25, 0.3) is 0 Å². The molecule has 322 valence electrons. The number of aromatic nitrogens is 2. The zero-order valence-corrected chi connectivity index (χ0v) is 37.3. The Kier molecular flexibility index (Phi) is 11.7. The largest absolute Gasteiger partial charge is 0.295 e. The topological polar surface area (TPSA) is 32.3 Å². The third-order valence-electron chi connectivity index (χ3n) is 12.3. The van der Waals surface area contributed by atoms with E-state index in [0.717, 1.165) is 56.6 Å². The average Bonchev–Trinajstić information content (AvgIpc) is 3.42. The van der Waals surface area contributed by atoms with E-state index in [4.69, 9.17) is 9.97 Å². The van der Waals surface area contributed by atoms with Gasteiger partial charge in [0.2, 0.25) is 0 Å². The Balaban J connectivity index is 0.973. The van der Waals surface area contributed by atoms with Crippen LogP contribution in [0.1, 0.15) is 22.3 Å². The third kappa shape index (κ3) is 8.70. The number of rotatable bonds is 12. The van der Waals surface area contributed by atoms with Crippen molar-refractivity contribution in [3.8, 4) is 22.3 Å². The van der Waals surface area contributed by atoms with Crippen LogP contribution in [-0.2, 0) is 0 Å². The molecule has 0 bridgehead atoms. The first-order valence-electron chi connectivity index (χ1n) is 23.0. The van der Waals surface area contributed by atoms with E-state index in [9.17, 15) is 0 Å². The van der Waals surface area contributed by atoms with Crippen molar-refractivity contribution in [2.24, 2.45) is 0 Å². The van der Waals surface area contributed by atoms with Gasteiger partial charge in [-0.05, 0) is 151 Å². The lowest BCUT2D eigenvalue weighted by Gasteiger charge is -2.24. The number of nitrogens with zero attached hydrogens (tertiary/aromatic N) is 4. The summed E-state index contributed by atoms with van der Waals surface area (Å²) in [7, 11) is 0. The monoisotopic (exact) mass is 870 g/mol. The fourth-order valence-corrected chi connectivity index (χ4v) is 9.07. The van der Waals surface area contributed by atoms with Gasteiger partial charge in [-0.1, -0.05) is 182 Å². The molecule has 4 nitrogen and oxygen atoms in total. The van der Waals surface area contributed by atoms with Crippen LogP contribution in [0.4, 0.5) is 34.4 Å². The molecule has 0 saturated carbocycles. The number of benzene rings is 9. The maximum Gasteiger partial charge on any atom is 0.137 e. The molecule has 0 atom stereocenters. The summed E-state index contributed by atoms with van der Waals surface area (Å²) in [6.45, 7) is 0. The maximum atomic E-state index is 4.97. The van der Waals surface area contributed by atoms with Crippen LogP contribution in [0.2, 0.25) is 0 Å². The van der Waals surface area contributed by atoms with Crippen LogP contribution in [-0.4, -0.2) is 9.97 Å². The van der Waals surface area contributed by atoms with Gasteiger partial charge in [-0.3, -0.25) is 9.80 Å². The zero-order chi connectivity index (χ0) is 45.5. The molecule has 2 aromatic heterocycles. The molecule has 0 unspecified atom stereocenters. The highest BCUT2D eigenvalue weighted by Crippen LogP contribution is 2.45. The Hall–Kier alpha value is -9.12. The Morgan fingerprint density at radius 1 is 0.265 bits per heavy atom. The van der Waals surface area contributed by atoms with E-state index in [1.54, 1.807) is 0 Å². The van der Waals surface area contributed by atoms with Gasteiger partial charge in [-0.25, -0.2) is 9.97 Å². The fraction of sp³-hybridized carbons (Fsp3) is 0. The summed E-state index contributed by atoms with van der Waals surface area (Å²) in [4.78, 5) is 14.3. The molecule has 2 heterocycles. The number of hydrogen-bond acceptors (Lipinski definition) is 4. The highest BCUT2D eigenvalue weighted by molar-refractivity contribution is 6.22. The molecule has 0 spiro atoms. The summed E-state index contributed by atoms with van der Waals surface area (Å²) in [5, 5.41) is 4.79. The van der Waals surface area contributed by atoms with E-state index in [0.29, 0.717) is 0 Å². The van der Waals surface area contributed by atoms with Crippen LogP contribution < -0.4 is 9.80 Å². The molecule has 0 fully saturated rings. The second-order valence-electron chi connectivity index (χ2n) is 16.7. The maximum absolute atomic E-state index is 4.97. The van der Waals surface area contributed by atoms with E-state index in [2.05, 4.69) is 252 Å². The van der Waals surface area contributed by atoms with Crippen molar-refractivity contribution in [1.82, 2.24) is 9.97 Å². The Morgan fingerprint density at radius 3 is 0.868 bits per heavy atom. The molecule has 0 radical (unpaired) electrons. The van der Waals surface area contributed by atoms with Crippen LogP contribution in [0.3, 0.4) is 0 Å². The first-order chi connectivity index (χ1) is 33.7.